The molecule has 3 unspecified atom stereocenters. The third-order valence-corrected chi connectivity index (χ3v) is 7.21. The van der Waals surface area contributed by atoms with Crippen LogP contribution in [0.3, 0.4) is 0 Å². The van der Waals surface area contributed by atoms with Gasteiger partial charge in [0.2, 0.25) is 5.91 Å². The van der Waals surface area contributed by atoms with Gasteiger partial charge in [0.05, 0.1) is 16.5 Å². The first-order chi connectivity index (χ1) is 16.7. The molecule has 1 aliphatic carbocycles. The van der Waals surface area contributed by atoms with Crippen LogP contribution in [0.15, 0.2) is 24.5 Å². The Morgan fingerprint density at radius 3 is 2.53 bits per heavy atom. The predicted octanol–water partition coefficient (Wildman–Crippen LogP) is 4.06. The molecule has 196 valence electrons. The number of carbonyl (C=O) groups excluding carboxylic acids is 1. The first-order valence-electron chi connectivity index (χ1n) is 12.1. The molecule has 1 saturated heterocycles. The Balaban J connectivity index is 1.55. The smallest absolute Gasteiger partial charge is 0.416 e. The lowest BCUT2D eigenvalue weighted by molar-refractivity contribution is -0.158. The number of carboxylic acid groups (broad SMARTS) is 1. The molecule has 1 aliphatic heterocycles. The van der Waals surface area contributed by atoms with E-state index in [-0.39, 0.29) is 28.7 Å². The second kappa shape index (κ2) is 9.17. The van der Waals surface area contributed by atoms with Gasteiger partial charge in [0, 0.05) is 29.6 Å². The van der Waals surface area contributed by atoms with Gasteiger partial charge in [-0.25, -0.2) is 9.97 Å². The number of nitrogens with one attached hydrogen (secondary N) is 2. The van der Waals surface area contributed by atoms with Crippen molar-refractivity contribution in [3.05, 3.63) is 30.1 Å². The maximum atomic E-state index is 13.4. The number of halogens is 3. The standard InChI is InChI=1S/C25H32F3N5O3/c1-23(2,3)32-15-6-8-19(24(4,12-15)22(35)36)33-10-9-18(21(33)34)31-20-16-11-14(25(26,27)28)5-7-17(16)29-13-30-20/h5,7,11,13,15,18-19,32H,6,8-10,12H2,1-4H3,(H,35,36)(H,29,30,31)/t15?,18-,19?,24?/m0/s1. The molecule has 0 bridgehead atoms. The van der Waals surface area contributed by atoms with Crippen molar-refractivity contribution < 1.29 is 27.9 Å². The highest BCUT2D eigenvalue weighted by Gasteiger charge is 2.52. The molecule has 1 aromatic heterocycles. The number of rotatable bonds is 5. The summed E-state index contributed by atoms with van der Waals surface area (Å²) >= 11 is 0. The van der Waals surface area contributed by atoms with Crippen molar-refractivity contribution in [2.45, 2.75) is 83.2 Å². The highest BCUT2D eigenvalue weighted by atomic mass is 19.4. The quantitative estimate of drug-likeness (QED) is 0.560. The minimum Gasteiger partial charge on any atom is -0.481 e. The fourth-order valence-electron chi connectivity index (χ4n) is 5.55. The lowest BCUT2D eigenvalue weighted by Crippen LogP contribution is -2.59. The Morgan fingerprint density at radius 2 is 1.89 bits per heavy atom. The van der Waals surface area contributed by atoms with E-state index in [0.717, 1.165) is 18.6 Å². The van der Waals surface area contributed by atoms with Crippen LogP contribution < -0.4 is 10.6 Å². The van der Waals surface area contributed by atoms with Gasteiger partial charge in [-0.1, -0.05) is 0 Å². The van der Waals surface area contributed by atoms with Gasteiger partial charge in [0.25, 0.3) is 0 Å². The van der Waals surface area contributed by atoms with Crippen molar-refractivity contribution in [1.29, 1.82) is 0 Å². The third-order valence-electron chi connectivity index (χ3n) is 7.21. The number of amides is 1. The summed E-state index contributed by atoms with van der Waals surface area (Å²) < 4.78 is 39.8. The van der Waals surface area contributed by atoms with E-state index >= 15 is 0 Å². The summed E-state index contributed by atoms with van der Waals surface area (Å²) in [5, 5.41) is 16.8. The zero-order valence-corrected chi connectivity index (χ0v) is 20.8. The second-order valence-electron chi connectivity index (χ2n) is 11.1. The van der Waals surface area contributed by atoms with E-state index in [0.29, 0.717) is 31.3 Å². The van der Waals surface area contributed by atoms with Crippen LogP contribution in [-0.4, -0.2) is 62.1 Å². The fourth-order valence-corrected chi connectivity index (χ4v) is 5.55. The van der Waals surface area contributed by atoms with Crippen LogP contribution in [0.2, 0.25) is 0 Å². The van der Waals surface area contributed by atoms with E-state index in [9.17, 15) is 27.9 Å². The maximum absolute atomic E-state index is 13.4. The van der Waals surface area contributed by atoms with E-state index in [2.05, 4.69) is 20.6 Å². The molecule has 3 N–H and O–H groups in total. The molecular weight excluding hydrogens is 475 g/mol. The number of aliphatic carboxylic acids is 1. The van der Waals surface area contributed by atoms with Gasteiger partial charge in [0.1, 0.15) is 18.2 Å². The van der Waals surface area contributed by atoms with Gasteiger partial charge in [-0.15, -0.1) is 0 Å². The van der Waals surface area contributed by atoms with Gasteiger partial charge >= 0.3 is 12.1 Å². The molecule has 2 aliphatic rings. The van der Waals surface area contributed by atoms with Crippen LogP contribution in [0.25, 0.3) is 10.9 Å². The summed E-state index contributed by atoms with van der Waals surface area (Å²) in [6.45, 7) is 8.16. The summed E-state index contributed by atoms with van der Waals surface area (Å²) in [5.74, 6) is -1.07. The number of hydrogen-bond donors (Lipinski definition) is 3. The first kappa shape index (κ1) is 26.1. The minimum absolute atomic E-state index is 0.0178. The first-order valence-corrected chi connectivity index (χ1v) is 12.1. The Hall–Kier alpha value is -2.95. The average Bonchev–Trinajstić information content (AvgIpc) is 3.12. The summed E-state index contributed by atoms with van der Waals surface area (Å²) in [5.41, 5.74) is -1.80. The molecule has 8 nitrogen and oxygen atoms in total. The zero-order chi connectivity index (χ0) is 26.5. The normalized spacial score (nSPS) is 27.5. The summed E-state index contributed by atoms with van der Waals surface area (Å²) in [6.07, 6.45) is -1.23. The molecular formula is C25H32F3N5O3. The molecule has 1 amide bonds. The van der Waals surface area contributed by atoms with Crippen LogP contribution in [-0.2, 0) is 15.8 Å². The van der Waals surface area contributed by atoms with Crippen LogP contribution >= 0.6 is 0 Å². The van der Waals surface area contributed by atoms with E-state index in [1.807, 2.05) is 20.8 Å². The fraction of sp³-hybridized carbons (Fsp3) is 0.600. The van der Waals surface area contributed by atoms with E-state index < -0.39 is 35.2 Å². The molecule has 4 rings (SSSR count). The summed E-state index contributed by atoms with van der Waals surface area (Å²) in [6, 6.07) is 2.02. The number of likely N-dealkylation sites (tertiary alicyclic amines) is 1. The number of carboxylic acids is 1. The Labute approximate surface area is 207 Å². The Morgan fingerprint density at radius 1 is 1.17 bits per heavy atom. The molecule has 0 radical (unpaired) electrons. The van der Waals surface area contributed by atoms with Crippen LogP contribution in [0, 0.1) is 5.41 Å². The van der Waals surface area contributed by atoms with Crippen LogP contribution in [0.5, 0.6) is 0 Å². The predicted molar refractivity (Wildman–Crippen MR) is 128 cm³/mol. The monoisotopic (exact) mass is 507 g/mol. The number of benzene rings is 1. The molecule has 4 atom stereocenters. The van der Waals surface area contributed by atoms with Crippen LogP contribution in [0.4, 0.5) is 19.0 Å². The number of anilines is 1. The molecule has 36 heavy (non-hydrogen) atoms. The van der Waals surface area contributed by atoms with Gasteiger partial charge < -0.3 is 20.6 Å². The van der Waals surface area contributed by atoms with Crippen LogP contribution in [0.1, 0.15) is 58.9 Å². The van der Waals surface area contributed by atoms with Crippen molar-refractivity contribution in [3.63, 3.8) is 0 Å². The molecule has 0 spiro atoms. The summed E-state index contributed by atoms with van der Waals surface area (Å²) in [7, 11) is 0. The highest BCUT2D eigenvalue weighted by molar-refractivity contribution is 5.93. The Bertz CT molecular complexity index is 1170. The van der Waals surface area contributed by atoms with Crippen molar-refractivity contribution in [2.75, 3.05) is 11.9 Å². The molecule has 2 fully saturated rings. The number of carbonyl (C=O) groups is 2. The lowest BCUT2D eigenvalue weighted by atomic mass is 9.68. The minimum atomic E-state index is -4.52. The molecule has 2 aromatic rings. The van der Waals surface area contributed by atoms with Crippen molar-refractivity contribution in [2.24, 2.45) is 5.41 Å². The highest BCUT2D eigenvalue weighted by Crippen LogP contribution is 2.42. The van der Waals surface area contributed by atoms with Crippen molar-refractivity contribution in [1.82, 2.24) is 20.2 Å². The number of hydrogen-bond acceptors (Lipinski definition) is 6. The average molecular weight is 508 g/mol. The van der Waals surface area contributed by atoms with Gasteiger partial charge in [-0.3, -0.25) is 9.59 Å². The second-order valence-corrected chi connectivity index (χ2v) is 11.1. The number of alkyl halides is 3. The Kier molecular flexibility index (Phi) is 6.65. The number of aromatic nitrogens is 2. The molecule has 2 heterocycles. The maximum Gasteiger partial charge on any atom is 0.416 e. The molecule has 1 aromatic carbocycles. The van der Waals surface area contributed by atoms with Gasteiger partial charge in [0.15, 0.2) is 0 Å². The van der Waals surface area contributed by atoms with E-state index in [1.165, 1.54) is 12.4 Å². The SMILES string of the molecule is CC(C)(C)NC1CCC(N2CC[C@H](Nc3ncnc4ccc(C(F)(F)F)cc34)C2=O)C(C)(C(=O)O)C1. The lowest BCUT2D eigenvalue weighted by Gasteiger charge is -2.47. The number of fused-ring (bicyclic) bond motifs is 1. The molecule has 1 saturated carbocycles. The zero-order valence-electron chi connectivity index (χ0n) is 20.8. The molecule has 11 heteroatoms. The van der Waals surface area contributed by atoms with Gasteiger partial charge in [-0.2, -0.15) is 13.2 Å². The topological polar surface area (TPSA) is 107 Å². The van der Waals surface area contributed by atoms with E-state index in [1.54, 1.807) is 11.8 Å². The third kappa shape index (κ3) is 5.11. The number of nitrogens with zero attached hydrogens (tertiary/aromatic N) is 3. The largest absolute Gasteiger partial charge is 0.481 e. The van der Waals surface area contributed by atoms with Crippen molar-refractivity contribution >= 4 is 28.6 Å². The van der Waals surface area contributed by atoms with Gasteiger partial charge in [-0.05, 0) is 71.6 Å². The summed E-state index contributed by atoms with van der Waals surface area (Å²) in [4.78, 5) is 35.6. The van der Waals surface area contributed by atoms with E-state index in [4.69, 9.17) is 0 Å². The van der Waals surface area contributed by atoms with Crippen molar-refractivity contribution in [3.8, 4) is 0 Å².